The molecule has 3 aromatic carbocycles. The third-order valence-electron chi connectivity index (χ3n) is 8.34. The van der Waals surface area contributed by atoms with Gasteiger partial charge in [-0.1, -0.05) is 75.4 Å². The van der Waals surface area contributed by atoms with Crippen LogP contribution in [0.2, 0.25) is 0 Å². The highest BCUT2D eigenvalue weighted by Crippen LogP contribution is 2.32. The molecule has 0 atom stereocenters. The van der Waals surface area contributed by atoms with E-state index in [1.807, 2.05) is 49.4 Å². The van der Waals surface area contributed by atoms with Crippen LogP contribution in [-0.2, 0) is 37.1 Å². The van der Waals surface area contributed by atoms with Crippen LogP contribution < -0.4 is 10.4 Å². The zero-order chi connectivity index (χ0) is 32.8. The summed E-state index contributed by atoms with van der Waals surface area (Å²) in [7, 11) is 0. The Morgan fingerprint density at radius 1 is 0.935 bits per heavy atom. The Kier molecular flexibility index (Phi) is 10.2. The lowest BCUT2D eigenvalue weighted by Crippen LogP contribution is -2.25. The quantitative estimate of drug-likeness (QED) is 0.143. The smallest absolute Gasteiger partial charge is 0.346 e. The number of hydrogen-bond donors (Lipinski definition) is 1. The highest BCUT2D eigenvalue weighted by molar-refractivity contribution is 5.96. The molecule has 1 aliphatic rings. The fourth-order valence-electron chi connectivity index (χ4n) is 5.65. The average Bonchev–Trinajstić information content (AvgIpc) is 3.79. The molecule has 0 radical (unpaired) electrons. The summed E-state index contributed by atoms with van der Waals surface area (Å²) in [5.74, 6) is 1.27. The average molecular weight is 624 g/mol. The number of nitrogens with zero attached hydrogens (tertiary/aromatic N) is 3. The molecule has 1 heterocycles. The fourth-order valence-corrected chi connectivity index (χ4v) is 5.65. The van der Waals surface area contributed by atoms with Crippen LogP contribution in [-0.4, -0.2) is 37.8 Å². The van der Waals surface area contributed by atoms with Crippen LogP contribution in [0, 0.1) is 11.3 Å². The topological polar surface area (TPSA) is 103 Å². The van der Waals surface area contributed by atoms with Crippen molar-refractivity contribution in [3.8, 4) is 16.9 Å². The van der Waals surface area contributed by atoms with Gasteiger partial charge in [-0.15, -0.1) is 0 Å². The van der Waals surface area contributed by atoms with Crippen LogP contribution in [0.3, 0.4) is 0 Å². The standard InChI is InChI=1S/C38H45N3O5/c1-5-40-35(39-41(37(40)45)24-27-13-17-30(18-14-27)33(42)23-38(2,3)4)8-6-7-26-11-15-29(16-12-26)31-19-20-34(46-25-28-9-10-28)32(21-31)22-36(43)44/h11-21,28H,5-10,22-25H2,1-4H3,(H,43,44). The predicted octanol–water partition coefficient (Wildman–Crippen LogP) is 6.99. The molecule has 1 fully saturated rings. The Bertz CT molecular complexity index is 1720. The molecule has 1 aliphatic carbocycles. The minimum atomic E-state index is -0.875. The Hall–Kier alpha value is -4.46. The third kappa shape index (κ3) is 8.83. The van der Waals surface area contributed by atoms with Crippen LogP contribution in [0.15, 0.2) is 71.5 Å². The second-order valence-corrected chi connectivity index (χ2v) is 13.7. The van der Waals surface area contributed by atoms with Crippen LogP contribution in [0.5, 0.6) is 5.75 Å². The summed E-state index contributed by atoms with van der Waals surface area (Å²) in [6.45, 7) is 9.67. The lowest BCUT2D eigenvalue weighted by molar-refractivity contribution is -0.136. The maximum absolute atomic E-state index is 13.1. The van der Waals surface area contributed by atoms with Crippen LogP contribution in [0.25, 0.3) is 11.1 Å². The number of aromatic nitrogens is 3. The third-order valence-corrected chi connectivity index (χ3v) is 8.34. The molecule has 1 N–H and O–H groups in total. The molecule has 0 bridgehead atoms. The summed E-state index contributed by atoms with van der Waals surface area (Å²) in [5.41, 5.74) is 5.29. The second-order valence-electron chi connectivity index (χ2n) is 13.7. The lowest BCUT2D eigenvalue weighted by atomic mass is 9.88. The van der Waals surface area contributed by atoms with E-state index in [2.05, 4.69) is 50.1 Å². The van der Waals surface area contributed by atoms with Crippen molar-refractivity contribution in [2.45, 2.75) is 85.7 Å². The Morgan fingerprint density at radius 3 is 2.24 bits per heavy atom. The first kappa shape index (κ1) is 32.9. The van der Waals surface area contributed by atoms with E-state index >= 15 is 0 Å². The normalized spacial score (nSPS) is 13.1. The second kappa shape index (κ2) is 14.3. The minimum Gasteiger partial charge on any atom is -0.493 e. The molecular formula is C38H45N3O5. The molecule has 0 unspecified atom stereocenters. The molecule has 1 aromatic heterocycles. The van der Waals surface area contributed by atoms with Gasteiger partial charge in [-0.25, -0.2) is 9.48 Å². The summed E-state index contributed by atoms with van der Waals surface area (Å²) in [5, 5.41) is 14.1. The molecule has 8 heteroatoms. The van der Waals surface area contributed by atoms with Crippen molar-refractivity contribution in [2.75, 3.05) is 6.61 Å². The molecule has 242 valence electrons. The highest BCUT2D eigenvalue weighted by Gasteiger charge is 2.23. The summed E-state index contributed by atoms with van der Waals surface area (Å²) in [4.78, 5) is 37.1. The van der Waals surface area contributed by atoms with Crippen molar-refractivity contribution in [1.29, 1.82) is 0 Å². The number of aliphatic carboxylic acids is 1. The summed E-state index contributed by atoms with van der Waals surface area (Å²) in [6, 6.07) is 21.6. The monoisotopic (exact) mass is 623 g/mol. The van der Waals surface area contributed by atoms with Gasteiger partial charge >= 0.3 is 11.7 Å². The van der Waals surface area contributed by atoms with Gasteiger partial charge in [-0.05, 0) is 78.3 Å². The number of ether oxygens (including phenoxy) is 1. The van der Waals surface area contributed by atoms with Crippen LogP contribution in [0.4, 0.5) is 0 Å². The SMILES string of the molecule is CCn1c(CCCc2ccc(-c3ccc(OCC4CC4)c(CC(=O)O)c3)cc2)nn(Cc2ccc(C(=O)CC(C)(C)C)cc2)c1=O. The van der Waals surface area contributed by atoms with Crippen LogP contribution in [0.1, 0.15) is 86.3 Å². The number of ketones is 1. The molecule has 46 heavy (non-hydrogen) atoms. The molecule has 0 amide bonds. The summed E-state index contributed by atoms with van der Waals surface area (Å²) < 4.78 is 9.18. The molecule has 0 saturated heterocycles. The van der Waals surface area contributed by atoms with Gasteiger partial charge in [0.05, 0.1) is 19.6 Å². The van der Waals surface area contributed by atoms with Gasteiger partial charge in [0.25, 0.3) is 0 Å². The summed E-state index contributed by atoms with van der Waals surface area (Å²) in [6.07, 6.45) is 5.13. The van der Waals surface area contributed by atoms with Crippen molar-refractivity contribution >= 4 is 11.8 Å². The maximum atomic E-state index is 13.1. The number of benzene rings is 3. The van der Waals surface area contributed by atoms with Crippen molar-refractivity contribution in [1.82, 2.24) is 14.3 Å². The van der Waals surface area contributed by atoms with E-state index in [9.17, 15) is 19.5 Å². The summed E-state index contributed by atoms with van der Waals surface area (Å²) >= 11 is 0. The zero-order valence-electron chi connectivity index (χ0n) is 27.4. The molecule has 4 aromatic rings. The van der Waals surface area contributed by atoms with E-state index in [1.165, 1.54) is 23.1 Å². The highest BCUT2D eigenvalue weighted by atomic mass is 16.5. The van der Waals surface area contributed by atoms with Gasteiger partial charge in [-0.2, -0.15) is 5.10 Å². The molecule has 1 saturated carbocycles. The van der Waals surface area contributed by atoms with E-state index in [0.717, 1.165) is 35.4 Å². The number of hydrogen-bond acceptors (Lipinski definition) is 5. The molecule has 8 nitrogen and oxygen atoms in total. The zero-order valence-corrected chi connectivity index (χ0v) is 27.4. The van der Waals surface area contributed by atoms with Gasteiger partial charge in [0.15, 0.2) is 5.78 Å². The maximum Gasteiger partial charge on any atom is 0.346 e. The van der Waals surface area contributed by atoms with E-state index < -0.39 is 5.97 Å². The van der Waals surface area contributed by atoms with Gasteiger partial charge in [0.2, 0.25) is 0 Å². The lowest BCUT2D eigenvalue weighted by Gasteiger charge is -2.16. The van der Waals surface area contributed by atoms with Gasteiger partial charge in [0, 0.05) is 30.5 Å². The Morgan fingerprint density at radius 2 is 1.61 bits per heavy atom. The number of carbonyl (C=O) groups is 2. The first-order chi connectivity index (χ1) is 22.0. The van der Waals surface area contributed by atoms with Crippen LogP contribution >= 0.6 is 0 Å². The number of aryl methyl sites for hydroxylation is 2. The van der Waals surface area contributed by atoms with Crippen molar-refractivity contribution in [2.24, 2.45) is 11.3 Å². The van der Waals surface area contributed by atoms with Gasteiger partial charge in [0.1, 0.15) is 11.6 Å². The van der Waals surface area contributed by atoms with Gasteiger partial charge < -0.3 is 9.84 Å². The Labute approximate surface area is 271 Å². The fraction of sp³-hybridized carbons (Fsp3) is 0.421. The minimum absolute atomic E-state index is 0.0672. The van der Waals surface area contributed by atoms with E-state index in [0.29, 0.717) is 55.3 Å². The first-order valence-electron chi connectivity index (χ1n) is 16.3. The van der Waals surface area contributed by atoms with E-state index in [1.54, 1.807) is 4.57 Å². The number of carboxylic acid groups (broad SMARTS) is 1. The van der Waals surface area contributed by atoms with Crippen molar-refractivity contribution in [3.63, 3.8) is 0 Å². The number of Topliss-reactive ketones (excluding diaryl/α,β-unsaturated/α-hetero) is 1. The number of rotatable bonds is 15. The predicted molar refractivity (Wildman–Crippen MR) is 180 cm³/mol. The van der Waals surface area contributed by atoms with E-state index in [4.69, 9.17) is 4.74 Å². The van der Waals surface area contributed by atoms with Crippen molar-refractivity contribution in [3.05, 3.63) is 105 Å². The number of carbonyl (C=O) groups excluding carboxylic acids is 1. The first-order valence-corrected chi connectivity index (χ1v) is 16.3. The number of carboxylic acids is 1. The van der Waals surface area contributed by atoms with Gasteiger partial charge in [-0.3, -0.25) is 14.2 Å². The molecule has 5 rings (SSSR count). The largest absolute Gasteiger partial charge is 0.493 e. The molecule has 0 spiro atoms. The molecule has 0 aliphatic heterocycles. The van der Waals surface area contributed by atoms with Crippen molar-refractivity contribution < 1.29 is 19.4 Å². The Balaban J connectivity index is 1.19. The van der Waals surface area contributed by atoms with E-state index in [-0.39, 0.29) is 23.3 Å². The molecular weight excluding hydrogens is 578 g/mol.